The Balaban J connectivity index is 2.17. The van der Waals surface area contributed by atoms with Gasteiger partial charge in [-0.1, -0.05) is 18.2 Å². The quantitative estimate of drug-likeness (QED) is 0.658. The molecule has 0 atom stereocenters. The highest BCUT2D eigenvalue weighted by Crippen LogP contribution is 2.25. The van der Waals surface area contributed by atoms with E-state index < -0.39 is 0 Å². The molecule has 2 rings (SSSR count). The van der Waals surface area contributed by atoms with Crippen LogP contribution < -0.4 is 5.32 Å². The van der Waals surface area contributed by atoms with Gasteiger partial charge in [0, 0.05) is 27.9 Å². The molecule has 0 aliphatic rings. The summed E-state index contributed by atoms with van der Waals surface area (Å²) in [5.74, 6) is 0.563. The van der Waals surface area contributed by atoms with Crippen LogP contribution in [0.5, 0.6) is 0 Å². The lowest BCUT2D eigenvalue weighted by atomic mass is 10.1. The Kier molecular flexibility index (Phi) is 3.80. The van der Waals surface area contributed by atoms with Crippen LogP contribution in [0.3, 0.4) is 0 Å². The topological polar surface area (TPSA) is 29.1 Å². The molecule has 0 unspecified atom stereocenters. The van der Waals surface area contributed by atoms with E-state index in [1.165, 1.54) is 0 Å². The first kappa shape index (κ1) is 11.4. The van der Waals surface area contributed by atoms with Crippen molar-refractivity contribution in [2.45, 2.75) is 6.42 Å². The average Bonchev–Trinajstić information content (AvgIpc) is 2.73. The molecule has 0 bridgehead atoms. The lowest BCUT2D eigenvalue weighted by molar-refractivity contribution is 0.0956. The first-order chi connectivity index (χ1) is 7.83. The molecular formula is C12H12ClNOS. The third-order valence-electron chi connectivity index (χ3n) is 2.32. The zero-order chi connectivity index (χ0) is 11.4. The minimum Gasteiger partial charge on any atom is -0.352 e. The Bertz CT molecular complexity index is 494. The van der Waals surface area contributed by atoms with Gasteiger partial charge in [0.2, 0.25) is 0 Å². The van der Waals surface area contributed by atoms with Gasteiger partial charge in [-0.2, -0.15) is 0 Å². The van der Waals surface area contributed by atoms with Gasteiger partial charge in [0.25, 0.3) is 5.91 Å². The van der Waals surface area contributed by atoms with E-state index in [1.807, 2.05) is 29.6 Å². The summed E-state index contributed by atoms with van der Waals surface area (Å²) in [6.07, 6.45) is 0.801. The number of carbonyl (C=O) groups is 1. The summed E-state index contributed by atoms with van der Waals surface area (Å²) in [4.78, 5) is 11.8. The van der Waals surface area contributed by atoms with Crippen LogP contribution in [0.15, 0.2) is 29.6 Å². The molecule has 0 saturated heterocycles. The Morgan fingerprint density at radius 1 is 1.38 bits per heavy atom. The fourth-order valence-electron chi connectivity index (χ4n) is 1.52. The van der Waals surface area contributed by atoms with Crippen LogP contribution >= 0.6 is 22.9 Å². The Morgan fingerprint density at radius 3 is 3.00 bits per heavy atom. The molecule has 4 heteroatoms. The molecule has 0 spiro atoms. The average molecular weight is 254 g/mol. The smallest absolute Gasteiger partial charge is 0.252 e. The van der Waals surface area contributed by atoms with Gasteiger partial charge in [-0.05, 0) is 12.5 Å². The molecule has 1 heterocycles. The normalized spacial score (nSPS) is 10.6. The molecule has 0 aliphatic carbocycles. The van der Waals surface area contributed by atoms with Gasteiger partial charge < -0.3 is 5.32 Å². The first-order valence-electron chi connectivity index (χ1n) is 5.13. The van der Waals surface area contributed by atoms with E-state index in [2.05, 4.69) is 5.32 Å². The summed E-state index contributed by atoms with van der Waals surface area (Å²) in [6, 6.07) is 7.93. The van der Waals surface area contributed by atoms with Crippen molar-refractivity contribution in [2.75, 3.05) is 12.4 Å². The van der Waals surface area contributed by atoms with Crippen LogP contribution in [0.2, 0.25) is 0 Å². The molecule has 84 valence electrons. The largest absolute Gasteiger partial charge is 0.352 e. The maximum absolute atomic E-state index is 11.8. The first-order valence-corrected chi connectivity index (χ1v) is 6.54. The number of hydrogen-bond acceptors (Lipinski definition) is 2. The van der Waals surface area contributed by atoms with E-state index in [0.717, 1.165) is 22.1 Å². The van der Waals surface area contributed by atoms with Gasteiger partial charge in [-0.15, -0.1) is 22.9 Å². The number of rotatable bonds is 4. The number of nitrogens with one attached hydrogen (secondary N) is 1. The number of halogens is 1. The molecule has 0 fully saturated rings. The minimum atomic E-state index is -0.0115. The molecule has 1 N–H and O–H groups in total. The van der Waals surface area contributed by atoms with Gasteiger partial charge in [-0.25, -0.2) is 0 Å². The molecule has 0 saturated carbocycles. The van der Waals surface area contributed by atoms with E-state index >= 15 is 0 Å². The third-order valence-corrected chi connectivity index (χ3v) is 3.55. The van der Waals surface area contributed by atoms with Crippen molar-refractivity contribution in [1.29, 1.82) is 0 Å². The van der Waals surface area contributed by atoms with E-state index in [0.29, 0.717) is 12.4 Å². The Morgan fingerprint density at radius 2 is 2.19 bits per heavy atom. The van der Waals surface area contributed by atoms with Gasteiger partial charge in [-0.3, -0.25) is 4.79 Å². The lowest BCUT2D eigenvalue weighted by Crippen LogP contribution is -2.24. The lowest BCUT2D eigenvalue weighted by Gasteiger charge is -2.02. The van der Waals surface area contributed by atoms with Crippen molar-refractivity contribution in [2.24, 2.45) is 0 Å². The Hall–Kier alpha value is -1.06. The predicted molar refractivity (Wildman–Crippen MR) is 69.5 cm³/mol. The SMILES string of the molecule is O=C(NCCCCl)c1csc2ccccc12. The highest BCUT2D eigenvalue weighted by Gasteiger charge is 2.10. The summed E-state index contributed by atoms with van der Waals surface area (Å²) in [6.45, 7) is 0.631. The van der Waals surface area contributed by atoms with Crippen molar-refractivity contribution in [3.8, 4) is 0 Å². The number of amides is 1. The molecular weight excluding hydrogens is 242 g/mol. The fraction of sp³-hybridized carbons (Fsp3) is 0.250. The second kappa shape index (κ2) is 5.32. The highest BCUT2D eigenvalue weighted by molar-refractivity contribution is 7.17. The molecule has 2 nitrogen and oxygen atoms in total. The van der Waals surface area contributed by atoms with Crippen molar-refractivity contribution in [3.63, 3.8) is 0 Å². The zero-order valence-electron chi connectivity index (χ0n) is 8.70. The molecule has 16 heavy (non-hydrogen) atoms. The van der Waals surface area contributed by atoms with E-state index in [1.54, 1.807) is 11.3 Å². The maximum Gasteiger partial charge on any atom is 0.252 e. The summed E-state index contributed by atoms with van der Waals surface area (Å²) in [5, 5.41) is 5.79. The van der Waals surface area contributed by atoms with Crippen LogP contribution in [0.1, 0.15) is 16.8 Å². The maximum atomic E-state index is 11.8. The van der Waals surface area contributed by atoms with Crippen molar-refractivity contribution >= 4 is 38.9 Å². The number of alkyl halides is 1. The van der Waals surface area contributed by atoms with Crippen LogP contribution in [0.25, 0.3) is 10.1 Å². The number of carbonyl (C=O) groups excluding carboxylic acids is 1. The summed E-state index contributed by atoms with van der Waals surface area (Å²) < 4.78 is 1.14. The van der Waals surface area contributed by atoms with Crippen LogP contribution in [0.4, 0.5) is 0 Å². The predicted octanol–water partition coefficient (Wildman–Crippen LogP) is 3.26. The fourth-order valence-corrected chi connectivity index (χ4v) is 2.59. The zero-order valence-corrected chi connectivity index (χ0v) is 10.3. The summed E-state index contributed by atoms with van der Waals surface area (Å²) in [7, 11) is 0. The van der Waals surface area contributed by atoms with E-state index in [9.17, 15) is 4.79 Å². The van der Waals surface area contributed by atoms with Crippen LogP contribution in [-0.4, -0.2) is 18.3 Å². The summed E-state index contributed by atoms with van der Waals surface area (Å²) >= 11 is 7.15. The van der Waals surface area contributed by atoms with Gasteiger partial charge >= 0.3 is 0 Å². The third kappa shape index (κ3) is 2.36. The number of benzene rings is 1. The molecule has 1 aromatic carbocycles. The number of hydrogen-bond donors (Lipinski definition) is 1. The van der Waals surface area contributed by atoms with Crippen LogP contribution in [-0.2, 0) is 0 Å². The number of fused-ring (bicyclic) bond motifs is 1. The van der Waals surface area contributed by atoms with Gasteiger partial charge in [0.1, 0.15) is 0 Å². The van der Waals surface area contributed by atoms with Crippen molar-refractivity contribution in [1.82, 2.24) is 5.32 Å². The second-order valence-corrected chi connectivity index (χ2v) is 4.73. The minimum absolute atomic E-state index is 0.0115. The summed E-state index contributed by atoms with van der Waals surface area (Å²) in [5.41, 5.74) is 0.759. The van der Waals surface area contributed by atoms with Crippen LogP contribution in [0, 0.1) is 0 Å². The second-order valence-electron chi connectivity index (χ2n) is 3.44. The monoisotopic (exact) mass is 253 g/mol. The molecule has 0 radical (unpaired) electrons. The molecule has 1 amide bonds. The standard InChI is InChI=1S/C12H12ClNOS/c13-6-3-7-14-12(15)10-8-16-11-5-2-1-4-9(10)11/h1-2,4-5,8H,3,6-7H2,(H,14,15). The van der Waals surface area contributed by atoms with Gasteiger partial charge in [0.15, 0.2) is 0 Å². The van der Waals surface area contributed by atoms with E-state index in [-0.39, 0.29) is 5.91 Å². The Labute approximate surface area is 103 Å². The number of thiophene rings is 1. The molecule has 0 aliphatic heterocycles. The van der Waals surface area contributed by atoms with Crippen molar-refractivity contribution < 1.29 is 4.79 Å². The molecule has 1 aromatic heterocycles. The van der Waals surface area contributed by atoms with E-state index in [4.69, 9.17) is 11.6 Å². The van der Waals surface area contributed by atoms with Gasteiger partial charge in [0.05, 0.1) is 5.56 Å². The molecule has 2 aromatic rings. The van der Waals surface area contributed by atoms with Crippen molar-refractivity contribution in [3.05, 3.63) is 35.2 Å². The highest BCUT2D eigenvalue weighted by atomic mass is 35.5.